The van der Waals surface area contributed by atoms with E-state index in [2.05, 4.69) is 29.3 Å². The lowest BCUT2D eigenvalue weighted by molar-refractivity contribution is -0.123. The first-order valence-corrected chi connectivity index (χ1v) is 8.36. The molecule has 3 atom stereocenters. The average molecular weight is 319 g/mol. The molecule has 0 spiro atoms. The summed E-state index contributed by atoms with van der Waals surface area (Å²) in [6.07, 6.45) is 0.620. The van der Waals surface area contributed by atoms with Crippen molar-refractivity contribution in [3.05, 3.63) is 35.9 Å². The molecule has 0 bridgehead atoms. The van der Waals surface area contributed by atoms with E-state index in [0.29, 0.717) is 25.6 Å². The van der Waals surface area contributed by atoms with Crippen molar-refractivity contribution in [2.75, 3.05) is 40.3 Å². The summed E-state index contributed by atoms with van der Waals surface area (Å²) in [7, 11) is 4.04. The number of rotatable bonds is 6. The molecule has 0 radical (unpaired) electrons. The zero-order valence-corrected chi connectivity index (χ0v) is 14.4. The Hall–Kier alpha value is -1.43. The fraction of sp³-hybridized carbons (Fsp3) is 0.611. The van der Waals surface area contributed by atoms with Crippen LogP contribution in [0.2, 0.25) is 0 Å². The molecule has 1 heterocycles. The zero-order chi connectivity index (χ0) is 16.8. The topological polar surface area (TPSA) is 55.8 Å². The van der Waals surface area contributed by atoms with Gasteiger partial charge in [0.15, 0.2) is 0 Å². The second-order valence-electron chi connectivity index (χ2n) is 6.76. The van der Waals surface area contributed by atoms with Gasteiger partial charge in [-0.25, -0.2) is 0 Å². The number of benzene rings is 1. The lowest BCUT2D eigenvalue weighted by Crippen LogP contribution is -2.47. The number of β-amino-alcohol motifs (C(OH)–C–C–N with tert-alkyl or cyclic N) is 1. The van der Waals surface area contributed by atoms with E-state index < -0.39 is 0 Å². The predicted octanol–water partition coefficient (Wildman–Crippen LogP) is 1.11. The first-order chi connectivity index (χ1) is 11.0. The molecule has 128 valence electrons. The number of aliphatic hydroxyl groups excluding tert-OH is 1. The highest BCUT2D eigenvalue weighted by Gasteiger charge is 2.25. The third kappa shape index (κ3) is 5.30. The van der Waals surface area contributed by atoms with Gasteiger partial charge in [0.25, 0.3) is 0 Å². The van der Waals surface area contributed by atoms with E-state index in [0.717, 1.165) is 13.0 Å². The molecule has 0 saturated carbocycles. The van der Waals surface area contributed by atoms with E-state index in [4.69, 9.17) is 0 Å². The van der Waals surface area contributed by atoms with Gasteiger partial charge in [-0.15, -0.1) is 0 Å². The van der Waals surface area contributed by atoms with Gasteiger partial charge in [-0.05, 0) is 38.5 Å². The molecule has 23 heavy (non-hydrogen) atoms. The Morgan fingerprint density at radius 1 is 1.39 bits per heavy atom. The third-order valence-corrected chi connectivity index (χ3v) is 4.67. The molecule has 2 rings (SSSR count). The highest BCUT2D eigenvalue weighted by molar-refractivity contribution is 5.78. The van der Waals surface area contributed by atoms with Crippen molar-refractivity contribution in [1.29, 1.82) is 0 Å². The highest BCUT2D eigenvalue weighted by Crippen LogP contribution is 2.18. The molecule has 1 aromatic carbocycles. The normalized spacial score (nSPS) is 23.7. The number of likely N-dealkylation sites (N-methyl/N-ethyl adjacent to an activating group) is 1. The van der Waals surface area contributed by atoms with Crippen LogP contribution in [0.3, 0.4) is 0 Å². The van der Waals surface area contributed by atoms with Crippen molar-refractivity contribution in [2.45, 2.75) is 25.5 Å². The smallest absolute Gasteiger partial charge is 0.234 e. The number of carbonyl (C=O) groups is 1. The van der Waals surface area contributed by atoms with Crippen molar-refractivity contribution >= 4 is 5.91 Å². The van der Waals surface area contributed by atoms with Gasteiger partial charge in [0.1, 0.15) is 0 Å². The van der Waals surface area contributed by atoms with Crippen LogP contribution >= 0.6 is 0 Å². The SMILES string of the molecule is C[C@@H]1CCN(CC(=O)NC[C@@H](c2ccccc2)N(C)C)C[C@H]1O. The lowest BCUT2D eigenvalue weighted by atomic mass is 9.96. The summed E-state index contributed by atoms with van der Waals surface area (Å²) in [6.45, 7) is 4.47. The number of likely N-dealkylation sites (tertiary alicyclic amines) is 1. The molecule has 1 aliphatic rings. The van der Waals surface area contributed by atoms with Gasteiger partial charge in [-0.2, -0.15) is 0 Å². The van der Waals surface area contributed by atoms with Crippen LogP contribution in [0.15, 0.2) is 30.3 Å². The van der Waals surface area contributed by atoms with Crippen LogP contribution < -0.4 is 5.32 Å². The molecule has 5 heteroatoms. The van der Waals surface area contributed by atoms with E-state index >= 15 is 0 Å². The summed E-state index contributed by atoms with van der Waals surface area (Å²) in [5.74, 6) is 0.347. The number of nitrogens with zero attached hydrogens (tertiary/aromatic N) is 2. The van der Waals surface area contributed by atoms with Crippen molar-refractivity contribution in [3.63, 3.8) is 0 Å². The Kier molecular flexibility index (Phi) is 6.57. The van der Waals surface area contributed by atoms with Gasteiger partial charge in [0, 0.05) is 13.1 Å². The standard InChI is InChI=1S/C18H29N3O2/c1-14-9-10-21(12-17(14)22)13-18(23)19-11-16(20(2)3)15-7-5-4-6-8-15/h4-8,14,16-17,22H,9-13H2,1-3H3,(H,19,23)/t14-,16+,17-/m1/s1. The van der Waals surface area contributed by atoms with Crippen LogP contribution in [0, 0.1) is 5.92 Å². The van der Waals surface area contributed by atoms with E-state index in [-0.39, 0.29) is 18.1 Å². The molecule has 1 saturated heterocycles. The van der Waals surface area contributed by atoms with Gasteiger partial charge < -0.3 is 15.3 Å². The quantitative estimate of drug-likeness (QED) is 0.825. The second kappa shape index (κ2) is 8.43. The monoisotopic (exact) mass is 319 g/mol. The summed E-state index contributed by atoms with van der Waals surface area (Å²) in [4.78, 5) is 16.4. The molecular weight excluding hydrogens is 290 g/mol. The predicted molar refractivity (Wildman–Crippen MR) is 92.1 cm³/mol. The maximum absolute atomic E-state index is 12.2. The number of hydrogen-bond donors (Lipinski definition) is 2. The van der Waals surface area contributed by atoms with Gasteiger partial charge in [0.2, 0.25) is 5.91 Å². The first kappa shape index (κ1) is 17.9. The number of amides is 1. The number of hydrogen-bond acceptors (Lipinski definition) is 4. The highest BCUT2D eigenvalue weighted by atomic mass is 16.3. The molecule has 5 nitrogen and oxygen atoms in total. The number of nitrogens with one attached hydrogen (secondary N) is 1. The minimum absolute atomic E-state index is 0.0227. The van der Waals surface area contributed by atoms with Gasteiger partial charge >= 0.3 is 0 Å². The van der Waals surface area contributed by atoms with Crippen molar-refractivity contribution in [3.8, 4) is 0 Å². The fourth-order valence-corrected chi connectivity index (χ4v) is 3.00. The zero-order valence-electron chi connectivity index (χ0n) is 14.4. The van der Waals surface area contributed by atoms with E-state index in [1.165, 1.54) is 5.56 Å². The molecule has 0 aromatic heterocycles. The molecule has 1 amide bonds. The molecular formula is C18H29N3O2. The molecule has 0 aliphatic carbocycles. The Labute approximate surface area is 139 Å². The minimum atomic E-state index is -0.324. The van der Waals surface area contributed by atoms with E-state index in [1.54, 1.807) is 0 Å². The van der Waals surface area contributed by atoms with Crippen LogP contribution in [-0.4, -0.2) is 67.2 Å². The van der Waals surface area contributed by atoms with Crippen molar-refractivity contribution < 1.29 is 9.90 Å². The summed E-state index contributed by atoms with van der Waals surface area (Å²) < 4.78 is 0. The van der Waals surface area contributed by atoms with Crippen molar-refractivity contribution in [1.82, 2.24) is 15.1 Å². The summed E-state index contributed by atoms with van der Waals surface area (Å²) in [5, 5.41) is 13.0. The Balaban J connectivity index is 1.83. The third-order valence-electron chi connectivity index (χ3n) is 4.67. The van der Waals surface area contributed by atoms with Crippen LogP contribution in [0.25, 0.3) is 0 Å². The van der Waals surface area contributed by atoms with E-state index in [1.807, 2.05) is 37.2 Å². The second-order valence-corrected chi connectivity index (χ2v) is 6.76. The lowest BCUT2D eigenvalue weighted by Gasteiger charge is -2.34. The largest absolute Gasteiger partial charge is 0.392 e. The maximum atomic E-state index is 12.2. The van der Waals surface area contributed by atoms with Crippen LogP contribution in [0.5, 0.6) is 0 Å². The molecule has 1 aliphatic heterocycles. The molecule has 1 aromatic rings. The molecule has 1 fully saturated rings. The Morgan fingerprint density at radius 3 is 2.70 bits per heavy atom. The Morgan fingerprint density at radius 2 is 2.09 bits per heavy atom. The molecule has 0 unspecified atom stereocenters. The number of piperidine rings is 1. The maximum Gasteiger partial charge on any atom is 0.234 e. The minimum Gasteiger partial charge on any atom is -0.392 e. The summed E-state index contributed by atoms with van der Waals surface area (Å²) in [6, 6.07) is 10.4. The first-order valence-electron chi connectivity index (χ1n) is 8.36. The van der Waals surface area contributed by atoms with E-state index in [9.17, 15) is 9.90 Å². The number of aliphatic hydroxyl groups is 1. The molecule has 2 N–H and O–H groups in total. The summed E-state index contributed by atoms with van der Waals surface area (Å²) >= 11 is 0. The van der Waals surface area contributed by atoms with Gasteiger partial charge in [0.05, 0.1) is 18.7 Å². The fourth-order valence-electron chi connectivity index (χ4n) is 3.00. The van der Waals surface area contributed by atoms with Crippen LogP contribution in [0.1, 0.15) is 24.9 Å². The Bertz CT molecular complexity index is 492. The average Bonchev–Trinajstić information content (AvgIpc) is 2.52. The van der Waals surface area contributed by atoms with Gasteiger partial charge in [-0.3, -0.25) is 9.69 Å². The van der Waals surface area contributed by atoms with Crippen molar-refractivity contribution in [2.24, 2.45) is 5.92 Å². The van der Waals surface area contributed by atoms with Gasteiger partial charge in [-0.1, -0.05) is 37.3 Å². The van der Waals surface area contributed by atoms with Crippen LogP contribution in [0.4, 0.5) is 0 Å². The summed E-state index contributed by atoms with van der Waals surface area (Å²) in [5.41, 5.74) is 1.19. The van der Waals surface area contributed by atoms with Crippen LogP contribution in [-0.2, 0) is 4.79 Å². The number of carbonyl (C=O) groups excluding carboxylic acids is 1.